The van der Waals surface area contributed by atoms with Crippen molar-refractivity contribution >= 4 is 19.8 Å². The van der Waals surface area contributed by atoms with Crippen LogP contribution in [0.3, 0.4) is 0 Å². The van der Waals surface area contributed by atoms with E-state index in [-0.39, 0.29) is 44.8 Å². The SMILES string of the molecule is CCCCC/C=C\C/C=C\C/C=C\CC1OC1CCCC(=O)OC[C@H](COP(=O)(O)OCCN)OC(=O)CCCCCCCCCCc1oc(CCCCC)c(C)c1C. The Labute approximate surface area is 356 Å². The van der Waals surface area contributed by atoms with Crippen LogP contribution in [0.1, 0.15) is 178 Å². The Morgan fingerprint density at radius 1 is 0.712 bits per heavy atom. The van der Waals surface area contributed by atoms with Crippen LogP contribution in [0.4, 0.5) is 0 Å². The molecule has 4 atom stereocenters. The van der Waals surface area contributed by atoms with Crippen molar-refractivity contribution in [1.29, 1.82) is 0 Å². The van der Waals surface area contributed by atoms with Gasteiger partial charge in [0.25, 0.3) is 0 Å². The topological polar surface area (TPSA) is 160 Å². The van der Waals surface area contributed by atoms with E-state index in [1.54, 1.807) is 0 Å². The van der Waals surface area contributed by atoms with E-state index in [0.717, 1.165) is 82.8 Å². The first-order chi connectivity index (χ1) is 28.6. The van der Waals surface area contributed by atoms with E-state index in [2.05, 4.69) is 64.2 Å². The van der Waals surface area contributed by atoms with E-state index in [1.807, 2.05) is 0 Å². The summed E-state index contributed by atoms with van der Waals surface area (Å²) in [6, 6.07) is 0. The highest BCUT2D eigenvalue weighted by Crippen LogP contribution is 2.43. The summed E-state index contributed by atoms with van der Waals surface area (Å²) in [7, 11) is -4.41. The minimum Gasteiger partial charge on any atom is -0.466 e. The average Bonchev–Trinajstić information content (AvgIpc) is 3.91. The quantitative estimate of drug-likeness (QED) is 0.0214. The van der Waals surface area contributed by atoms with Crippen LogP contribution in [0.5, 0.6) is 0 Å². The number of carbonyl (C=O) groups is 2. The van der Waals surface area contributed by atoms with Gasteiger partial charge in [-0.25, -0.2) is 4.57 Å². The second-order valence-electron chi connectivity index (χ2n) is 15.9. The van der Waals surface area contributed by atoms with Gasteiger partial charge in [0.05, 0.1) is 25.4 Å². The van der Waals surface area contributed by atoms with E-state index in [9.17, 15) is 19.0 Å². The summed E-state index contributed by atoms with van der Waals surface area (Å²) in [6.07, 6.45) is 35.9. The van der Waals surface area contributed by atoms with Gasteiger partial charge in [-0.15, -0.1) is 0 Å². The van der Waals surface area contributed by atoms with E-state index < -0.39 is 32.5 Å². The van der Waals surface area contributed by atoms with Crippen molar-refractivity contribution in [2.45, 2.75) is 200 Å². The number of allylic oxidation sites excluding steroid dienone is 5. The summed E-state index contributed by atoms with van der Waals surface area (Å²) in [6.45, 7) is 7.91. The molecule has 3 N–H and O–H groups in total. The molecular formula is C47H80NO10P. The van der Waals surface area contributed by atoms with Crippen molar-refractivity contribution in [2.75, 3.05) is 26.4 Å². The largest absolute Gasteiger partial charge is 0.472 e. The molecule has 1 aliphatic heterocycles. The van der Waals surface area contributed by atoms with Gasteiger partial charge < -0.3 is 29.3 Å². The Morgan fingerprint density at radius 2 is 1.29 bits per heavy atom. The minimum absolute atomic E-state index is 0.0354. The lowest BCUT2D eigenvalue weighted by Crippen LogP contribution is -2.29. The molecule has 2 rings (SSSR count). The second kappa shape index (κ2) is 33.1. The number of furan rings is 1. The van der Waals surface area contributed by atoms with E-state index in [0.29, 0.717) is 12.8 Å². The highest BCUT2D eigenvalue weighted by atomic mass is 31.2. The number of hydrogen-bond acceptors (Lipinski definition) is 10. The van der Waals surface area contributed by atoms with Crippen LogP contribution in [0, 0.1) is 13.8 Å². The number of unbranched alkanes of at least 4 members (excludes halogenated alkanes) is 12. The van der Waals surface area contributed by atoms with E-state index in [1.165, 1.54) is 68.3 Å². The highest BCUT2D eigenvalue weighted by Gasteiger charge is 2.36. The minimum atomic E-state index is -4.41. The third-order valence-electron chi connectivity index (χ3n) is 10.7. The van der Waals surface area contributed by atoms with Crippen LogP contribution in [0.2, 0.25) is 0 Å². The number of esters is 2. The van der Waals surface area contributed by atoms with Gasteiger partial charge in [0, 0.05) is 32.2 Å². The van der Waals surface area contributed by atoms with Crippen molar-refractivity contribution in [2.24, 2.45) is 5.73 Å². The Balaban J connectivity index is 1.59. The second-order valence-corrected chi connectivity index (χ2v) is 17.3. The van der Waals surface area contributed by atoms with Crippen LogP contribution < -0.4 is 5.73 Å². The summed E-state index contributed by atoms with van der Waals surface area (Å²) in [5.74, 6) is 1.40. The van der Waals surface area contributed by atoms with E-state index in [4.69, 9.17) is 33.4 Å². The molecule has 1 aliphatic rings. The van der Waals surface area contributed by atoms with Crippen LogP contribution in [0.25, 0.3) is 0 Å². The molecule has 0 bridgehead atoms. The first kappa shape index (κ1) is 52.6. The zero-order valence-corrected chi connectivity index (χ0v) is 38.0. The highest BCUT2D eigenvalue weighted by molar-refractivity contribution is 7.47. The fourth-order valence-electron chi connectivity index (χ4n) is 6.84. The van der Waals surface area contributed by atoms with Crippen molar-refractivity contribution in [3.05, 3.63) is 59.1 Å². The maximum Gasteiger partial charge on any atom is 0.472 e. The fraction of sp³-hybridized carbons (Fsp3) is 0.745. The van der Waals surface area contributed by atoms with Crippen LogP contribution >= 0.6 is 7.82 Å². The predicted octanol–water partition coefficient (Wildman–Crippen LogP) is 11.6. The first-order valence-electron chi connectivity index (χ1n) is 22.9. The summed E-state index contributed by atoms with van der Waals surface area (Å²) < 4.78 is 44.9. The normalized spacial score (nSPS) is 17.0. The molecule has 12 heteroatoms. The molecule has 1 fully saturated rings. The summed E-state index contributed by atoms with van der Waals surface area (Å²) in [4.78, 5) is 35.1. The van der Waals surface area contributed by atoms with Crippen LogP contribution in [-0.2, 0) is 50.3 Å². The number of phosphoric ester groups is 1. The van der Waals surface area contributed by atoms with Crippen LogP contribution in [0.15, 0.2) is 40.9 Å². The molecule has 2 heterocycles. The number of carbonyl (C=O) groups excluding carboxylic acids is 2. The molecule has 0 saturated carbocycles. The molecule has 338 valence electrons. The molecule has 1 aromatic heterocycles. The average molecular weight is 850 g/mol. The first-order valence-corrected chi connectivity index (χ1v) is 24.4. The summed E-state index contributed by atoms with van der Waals surface area (Å²) in [5.41, 5.74) is 8.00. The molecule has 0 aromatic carbocycles. The van der Waals surface area contributed by atoms with Crippen molar-refractivity contribution in [1.82, 2.24) is 0 Å². The number of hydrogen-bond donors (Lipinski definition) is 2. The molecule has 1 aromatic rings. The Bertz CT molecular complexity index is 1400. The lowest BCUT2D eigenvalue weighted by atomic mass is 10.0. The number of ether oxygens (including phenoxy) is 3. The Kier molecular flexibility index (Phi) is 29.6. The molecule has 59 heavy (non-hydrogen) atoms. The smallest absolute Gasteiger partial charge is 0.466 e. The molecule has 0 aliphatic carbocycles. The van der Waals surface area contributed by atoms with Gasteiger partial charge in [0.15, 0.2) is 6.10 Å². The third-order valence-corrected chi connectivity index (χ3v) is 11.6. The lowest BCUT2D eigenvalue weighted by molar-refractivity contribution is -0.161. The fourth-order valence-corrected chi connectivity index (χ4v) is 7.61. The lowest BCUT2D eigenvalue weighted by Gasteiger charge is -2.19. The van der Waals surface area contributed by atoms with Gasteiger partial charge >= 0.3 is 19.8 Å². The molecule has 11 nitrogen and oxygen atoms in total. The molecular weight excluding hydrogens is 769 g/mol. The molecule has 3 unspecified atom stereocenters. The van der Waals surface area contributed by atoms with Crippen molar-refractivity contribution in [3.63, 3.8) is 0 Å². The number of aryl methyl sites for hydroxylation is 2. The standard InChI is InChI=1S/C47H80NO10P/c1-5-7-9-10-11-12-13-14-15-19-22-26-31-44-45(58-44)32-28-34-46(49)53-37-41(38-55-59(51,52)54-36-35-48)56-47(50)33-27-23-20-17-16-18-21-25-30-43-40(4)39(3)42(57-43)29-24-8-6-2/h11-12,14-15,22,26,41,44-45H,5-10,13,16-21,23-25,27-38,48H2,1-4H3,(H,51,52)/b12-11-,15-14-,26-22-/t41-,44?,45?/m1/s1. The van der Waals surface area contributed by atoms with Gasteiger partial charge in [0.2, 0.25) is 0 Å². The number of epoxide rings is 1. The van der Waals surface area contributed by atoms with Gasteiger partial charge in [-0.3, -0.25) is 18.6 Å². The molecule has 0 amide bonds. The van der Waals surface area contributed by atoms with Gasteiger partial charge in [-0.1, -0.05) is 115 Å². The van der Waals surface area contributed by atoms with Gasteiger partial charge in [-0.05, 0) is 89.2 Å². The third kappa shape index (κ3) is 26.4. The molecule has 1 saturated heterocycles. The van der Waals surface area contributed by atoms with Crippen LogP contribution in [-0.4, -0.2) is 61.5 Å². The maximum absolute atomic E-state index is 12.7. The van der Waals surface area contributed by atoms with Crippen molar-refractivity contribution in [3.8, 4) is 0 Å². The monoisotopic (exact) mass is 850 g/mol. The number of nitrogens with two attached hydrogens (primary N) is 1. The van der Waals surface area contributed by atoms with Gasteiger partial charge in [0.1, 0.15) is 18.1 Å². The maximum atomic E-state index is 12.7. The Hall–Kier alpha value is -2.53. The Morgan fingerprint density at radius 3 is 1.95 bits per heavy atom. The zero-order valence-electron chi connectivity index (χ0n) is 37.1. The van der Waals surface area contributed by atoms with E-state index >= 15 is 0 Å². The zero-order chi connectivity index (χ0) is 43.0. The molecule has 0 spiro atoms. The molecule has 0 radical (unpaired) electrons. The van der Waals surface area contributed by atoms with Crippen molar-refractivity contribution < 1.29 is 46.7 Å². The summed E-state index contributed by atoms with van der Waals surface area (Å²) >= 11 is 0. The number of phosphoric acid groups is 1. The summed E-state index contributed by atoms with van der Waals surface area (Å²) in [5, 5.41) is 0. The predicted molar refractivity (Wildman–Crippen MR) is 236 cm³/mol. The number of rotatable bonds is 38. The van der Waals surface area contributed by atoms with Gasteiger partial charge in [-0.2, -0.15) is 0 Å².